The zero-order chi connectivity index (χ0) is 20.8. The number of rotatable bonds is 7. The molecular formula is C25H26FNO2. The number of amides is 1. The molecule has 3 aromatic rings. The maximum Gasteiger partial charge on any atom is 0.225 e. The highest BCUT2D eigenvalue weighted by Gasteiger charge is 2.19. The molecule has 1 amide bonds. The van der Waals surface area contributed by atoms with Gasteiger partial charge in [0, 0.05) is 18.0 Å². The van der Waals surface area contributed by atoms with Crippen molar-refractivity contribution in [2.45, 2.75) is 39.2 Å². The van der Waals surface area contributed by atoms with E-state index >= 15 is 0 Å². The average Bonchev–Trinajstić information content (AvgIpc) is 2.69. The topological polar surface area (TPSA) is 38.3 Å². The van der Waals surface area contributed by atoms with E-state index in [1.165, 1.54) is 12.1 Å². The Kier molecular flexibility index (Phi) is 6.65. The van der Waals surface area contributed by atoms with Crippen LogP contribution in [0.5, 0.6) is 5.75 Å². The van der Waals surface area contributed by atoms with E-state index in [0.29, 0.717) is 0 Å². The van der Waals surface area contributed by atoms with Gasteiger partial charge >= 0.3 is 0 Å². The lowest BCUT2D eigenvalue weighted by Crippen LogP contribution is -2.16. The second kappa shape index (κ2) is 9.37. The summed E-state index contributed by atoms with van der Waals surface area (Å²) < 4.78 is 19.1. The Morgan fingerprint density at radius 3 is 2.00 bits per heavy atom. The Hall–Kier alpha value is -3.14. The summed E-state index contributed by atoms with van der Waals surface area (Å²) in [6.07, 6.45) is 0.346. The van der Waals surface area contributed by atoms with Gasteiger partial charge in [0.15, 0.2) is 0 Å². The summed E-state index contributed by atoms with van der Waals surface area (Å²) in [5.74, 6) is 0.211. The highest BCUT2D eigenvalue weighted by atomic mass is 19.1. The molecule has 150 valence electrons. The first-order valence-electron chi connectivity index (χ1n) is 9.79. The van der Waals surface area contributed by atoms with E-state index in [0.717, 1.165) is 28.1 Å². The van der Waals surface area contributed by atoms with E-state index in [-0.39, 0.29) is 30.2 Å². The Balaban J connectivity index is 1.82. The van der Waals surface area contributed by atoms with Crippen molar-refractivity contribution in [3.8, 4) is 5.75 Å². The molecule has 0 saturated carbocycles. The van der Waals surface area contributed by atoms with Crippen LogP contribution in [0.1, 0.15) is 42.9 Å². The van der Waals surface area contributed by atoms with Gasteiger partial charge in [0.1, 0.15) is 11.6 Å². The van der Waals surface area contributed by atoms with Crippen LogP contribution in [0.15, 0.2) is 72.8 Å². The van der Waals surface area contributed by atoms with Crippen LogP contribution in [0.2, 0.25) is 0 Å². The van der Waals surface area contributed by atoms with Gasteiger partial charge in [-0.05, 0) is 68.3 Å². The molecule has 0 aliphatic rings. The van der Waals surface area contributed by atoms with Crippen LogP contribution < -0.4 is 10.1 Å². The molecule has 0 fully saturated rings. The summed E-state index contributed by atoms with van der Waals surface area (Å²) in [5, 5.41) is 2.95. The minimum absolute atomic E-state index is 0.0917. The number of aryl methyl sites for hydroxylation is 1. The number of anilines is 1. The third-order valence-corrected chi connectivity index (χ3v) is 4.65. The molecule has 1 N–H and O–H groups in total. The predicted octanol–water partition coefficient (Wildman–Crippen LogP) is 6.08. The summed E-state index contributed by atoms with van der Waals surface area (Å²) in [4.78, 5) is 12.7. The summed E-state index contributed by atoms with van der Waals surface area (Å²) >= 11 is 0. The van der Waals surface area contributed by atoms with Gasteiger partial charge < -0.3 is 10.1 Å². The number of ether oxygens (including phenoxy) is 1. The number of halogens is 1. The molecule has 0 spiro atoms. The van der Waals surface area contributed by atoms with Gasteiger partial charge in [0.2, 0.25) is 5.91 Å². The highest BCUT2D eigenvalue weighted by molar-refractivity contribution is 5.91. The fourth-order valence-corrected chi connectivity index (χ4v) is 3.21. The molecule has 3 rings (SSSR count). The molecule has 0 aliphatic carbocycles. The Bertz CT molecular complexity index is 932. The number of carbonyl (C=O) groups is 1. The molecule has 4 heteroatoms. The quantitative estimate of drug-likeness (QED) is 0.530. The second-order valence-corrected chi connectivity index (χ2v) is 7.46. The van der Waals surface area contributed by atoms with Crippen molar-refractivity contribution in [2.75, 3.05) is 5.32 Å². The van der Waals surface area contributed by atoms with Crippen molar-refractivity contribution in [1.29, 1.82) is 0 Å². The molecule has 0 heterocycles. The van der Waals surface area contributed by atoms with Crippen LogP contribution in [0.3, 0.4) is 0 Å². The Morgan fingerprint density at radius 2 is 1.45 bits per heavy atom. The van der Waals surface area contributed by atoms with Crippen molar-refractivity contribution in [3.05, 3.63) is 95.3 Å². The molecule has 3 nitrogen and oxygen atoms in total. The van der Waals surface area contributed by atoms with Crippen molar-refractivity contribution in [3.63, 3.8) is 0 Å². The van der Waals surface area contributed by atoms with E-state index in [4.69, 9.17) is 4.74 Å². The van der Waals surface area contributed by atoms with E-state index in [1.807, 2.05) is 69.3 Å². The zero-order valence-corrected chi connectivity index (χ0v) is 17.0. The number of carbonyl (C=O) groups excluding carboxylic acids is 1. The van der Waals surface area contributed by atoms with Crippen LogP contribution in [0.25, 0.3) is 0 Å². The Morgan fingerprint density at radius 1 is 0.897 bits per heavy atom. The lowest BCUT2D eigenvalue weighted by atomic mass is 9.88. The maximum absolute atomic E-state index is 13.4. The first-order valence-corrected chi connectivity index (χ1v) is 9.79. The van der Waals surface area contributed by atoms with Gasteiger partial charge in [-0.2, -0.15) is 0 Å². The van der Waals surface area contributed by atoms with Gasteiger partial charge in [-0.3, -0.25) is 4.79 Å². The van der Waals surface area contributed by atoms with Crippen LogP contribution in [-0.4, -0.2) is 12.0 Å². The molecule has 0 saturated heterocycles. The summed E-state index contributed by atoms with van der Waals surface area (Å²) in [6.45, 7) is 5.96. The van der Waals surface area contributed by atoms with E-state index in [9.17, 15) is 9.18 Å². The van der Waals surface area contributed by atoms with Crippen molar-refractivity contribution in [2.24, 2.45) is 0 Å². The monoisotopic (exact) mass is 391 g/mol. The minimum Gasteiger partial charge on any atom is -0.491 e. The minimum atomic E-state index is -0.294. The molecule has 0 radical (unpaired) electrons. The lowest BCUT2D eigenvalue weighted by molar-refractivity contribution is -0.116. The number of hydrogen-bond donors (Lipinski definition) is 1. The van der Waals surface area contributed by atoms with Gasteiger partial charge in [-0.15, -0.1) is 0 Å². The van der Waals surface area contributed by atoms with Crippen molar-refractivity contribution >= 4 is 11.6 Å². The van der Waals surface area contributed by atoms with Gasteiger partial charge in [0.25, 0.3) is 0 Å². The maximum atomic E-state index is 13.4. The summed E-state index contributed by atoms with van der Waals surface area (Å²) in [7, 11) is 0. The number of nitrogens with one attached hydrogen (secondary N) is 1. The van der Waals surface area contributed by atoms with Gasteiger partial charge in [-0.25, -0.2) is 4.39 Å². The molecule has 29 heavy (non-hydrogen) atoms. The third kappa shape index (κ3) is 5.92. The van der Waals surface area contributed by atoms with Gasteiger partial charge in [-0.1, -0.05) is 42.0 Å². The predicted molar refractivity (Wildman–Crippen MR) is 115 cm³/mol. The highest BCUT2D eigenvalue weighted by Crippen LogP contribution is 2.30. The largest absolute Gasteiger partial charge is 0.491 e. The fraction of sp³-hybridized carbons (Fsp3) is 0.240. The van der Waals surface area contributed by atoms with Crippen molar-refractivity contribution in [1.82, 2.24) is 0 Å². The molecule has 0 bridgehead atoms. The first-order chi connectivity index (χ1) is 13.9. The smallest absolute Gasteiger partial charge is 0.225 e. The lowest BCUT2D eigenvalue weighted by Gasteiger charge is -2.19. The molecular weight excluding hydrogens is 365 g/mol. The van der Waals surface area contributed by atoms with E-state index < -0.39 is 0 Å². The standard InChI is InChI=1S/C25H26FNO2/c1-17(2)29-23-14-8-20(9-15-23)24(19-6-10-21(26)11-7-19)16-25(28)27-22-12-4-18(3)5-13-22/h4-15,17,24H,16H2,1-3H3,(H,27,28)/t24-/m1/s1. The van der Waals surface area contributed by atoms with E-state index in [1.54, 1.807) is 12.1 Å². The molecule has 3 aromatic carbocycles. The molecule has 1 atom stereocenters. The van der Waals surface area contributed by atoms with Crippen LogP contribution in [0, 0.1) is 12.7 Å². The first kappa shape index (κ1) is 20.6. The molecule has 0 unspecified atom stereocenters. The Labute approximate surface area is 171 Å². The third-order valence-electron chi connectivity index (χ3n) is 4.65. The van der Waals surface area contributed by atoms with E-state index in [2.05, 4.69) is 5.32 Å². The number of hydrogen-bond acceptors (Lipinski definition) is 2. The molecule has 0 aromatic heterocycles. The average molecular weight is 391 g/mol. The molecule has 0 aliphatic heterocycles. The summed E-state index contributed by atoms with van der Waals surface area (Å²) in [5.41, 5.74) is 3.77. The summed E-state index contributed by atoms with van der Waals surface area (Å²) in [6, 6.07) is 21.8. The van der Waals surface area contributed by atoms with Crippen LogP contribution >= 0.6 is 0 Å². The van der Waals surface area contributed by atoms with Crippen LogP contribution in [0.4, 0.5) is 10.1 Å². The fourth-order valence-electron chi connectivity index (χ4n) is 3.21. The van der Waals surface area contributed by atoms with Crippen molar-refractivity contribution < 1.29 is 13.9 Å². The van der Waals surface area contributed by atoms with Gasteiger partial charge in [0.05, 0.1) is 6.10 Å². The SMILES string of the molecule is Cc1ccc(NC(=O)C[C@H](c2ccc(F)cc2)c2ccc(OC(C)C)cc2)cc1. The number of benzene rings is 3. The second-order valence-electron chi connectivity index (χ2n) is 7.46. The normalized spacial score (nSPS) is 11.9. The van der Waals surface area contributed by atoms with Crippen LogP contribution in [-0.2, 0) is 4.79 Å². The zero-order valence-electron chi connectivity index (χ0n) is 17.0.